The molecule has 134 valence electrons. The van der Waals surface area contributed by atoms with Gasteiger partial charge in [0.15, 0.2) is 11.5 Å². The number of carbonyl (C=O) groups excluding carboxylic acids is 1. The summed E-state index contributed by atoms with van der Waals surface area (Å²) in [5.74, 6) is 2.29. The van der Waals surface area contributed by atoms with Crippen LogP contribution in [0.25, 0.3) is 0 Å². The van der Waals surface area contributed by atoms with Gasteiger partial charge in [0.25, 0.3) is 0 Å². The van der Waals surface area contributed by atoms with E-state index < -0.39 is 0 Å². The second-order valence-electron chi connectivity index (χ2n) is 6.11. The number of hydrogen-bond donors (Lipinski definition) is 2. The van der Waals surface area contributed by atoms with Crippen LogP contribution in [0.1, 0.15) is 31.2 Å². The van der Waals surface area contributed by atoms with Gasteiger partial charge in [0, 0.05) is 13.0 Å². The van der Waals surface area contributed by atoms with E-state index in [4.69, 9.17) is 9.47 Å². The second kappa shape index (κ2) is 9.49. The molecule has 1 aromatic carbocycles. The maximum Gasteiger partial charge on any atom is 0.220 e. The van der Waals surface area contributed by atoms with E-state index in [1.165, 1.54) is 12.8 Å². The van der Waals surface area contributed by atoms with Crippen molar-refractivity contribution in [3.05, 3.63) is 22.2 Å². The van der Waals surface area contributed by atoms with Crippen molar-refractivity contribution in [3.63, 3.8) is 0 Å². The van der Waals surface area contributed by atoms with Gasteiger partial charge in [0.2, 0.25) is 5.91 Å². The van der Waals surface area contributed by atoms with Gasteiger partial charge in [-0.3, -0.25) is 4.79 Å². The normalized spacial score (nSPS) is 17.0. The molecule has 0 spiro atoms. The zero-order valence-corrected chi connectivity index (χ0v) is 16.0. The highest BCUT2D eigenvalue weighted by Crippen LogP contribution is 2.38. The van der Waals surface area contributed by atoms with Crippen LogP contribution in [0.3, 0.4) is 0 Å². The van der Waals surface area contributed by atoms with Gasteiger partial charge in [-0.2, -0.15) is 0 Å². The molecule has 1 amide bonds. The molecule has 2 aliphatic rings. The summed E-state index contributed by atoms with van der Waals surface area (Å²) in [4.78, 5) is 12.0. The van der Waals surface area contributed by atoms with Crippen molar-refractivity contribution in [2.24, 2.45) is 5.92 Å². The summed E-state index contributed by atoms with van der Waals surface area (Å²) in [6.07, 6.45) is 3.96. The molecule has 0 radical (unpaired) electrons. The molecule has 2 aliphatic heterocycles. The van der Waals surface area contributed by atoms with Crippen molar-refractivity contribution >= 4 is 34.2 Å². The maximum absolute atomic E-state index is 12.0. The number of piperidine rings is 1. The first-order valence-corrected chi connectivity index (χ1v) is 9.07. The third kappa shape index (κ3) is 5.26. The first-order chi connectivity index (χ1) is 11.2. The summed E-state index contributed by atoms with van der Waals surface area (Å²) >= 11 is 3.50. The van der Waals surface area contributed by atoms with Crippen molar-refractivity contribution in [3.8, 4) is 11.5 Å². The Morgan fingerprint density at radius 3 is 2.79 bits per heavy atom. The first kappa shape index (κ1) is 19.3. The predicted molar refractivity (Wildman–Crippen MR) is 99.1 cm³/mol. The molecule has 0 aliphatic carbocycles. The maximum atomic E-state index is 12.0. The topological polar surface area (TPSA) is 59.6 Å². The number of rotatable bonds is 5. The van der Waals surface area contributed by atoms with Crippen LogP contribution in [0.5, 0.6) is 11.5 Å². The Balaban J connectivity index is 0.00000208. The highest BCUT2D eigenvalue weighted by molar-refractivity contribution is 9.10. The van der Waals surface area contributed by atoms with E-state index in [2.05, 4.69) is 26.6 Å². The molecular formula is C17H24BrClN2O3. The zero-order chi connectivity index (χ0) is 16.1. The van der Waals surface area contributed by atoms with Gasteiger partial charge in [-0.25, -0.2) is 0 Å². The number of hydrogen-bond acceptors (Lipinski definition) is 4. The van der Waals surface area contributed by atoms with Crippen molar-refractivity contribution in [2.45, 2.75) is 32.2 Å². The molecule has 0 bridgehead atoms. The molecular weight excluding hydrogens is 396 g/mol. The van der Waals surface area contributed by atoms with Crippen LogP contribution < -0.4 is 20.1 Å². The van der Waals surface area contributed by atoms with Gasteiger partial charge in [0.1, 0.15) is 13.2 Å². The molecule has 24 heavy (non-hydrogen) atoms. The molecule has 2 heterocycles. The predicted octanol–water partition coefficient (Wildman–Crippen LogP) is 3.04. The Hall–Kier alpha value is -0.980. The summed E-state index contributed by atoms with van der Waals surface area (Å²) in [5.41, 5.74) is 1.01. The number of fused-ring (bicyclic) bond motifs is 1. The second-order valence-corrected chi connectivity index (χ2v) is 6.96. The molecule has 1 fully saturated rings. The third-order valence-electron chi connectivity index (χ3n) is 4.38. The van der Waals surface area contributed by atoms with Crippen LogP contribution in [0.4, 0.5) is 0 Å². The van der Waals surface area contributed by atoms with Gasteiger partial charge in [-0.1, -0.05) is 0 Å². The van der Waals surface area contributed by atoms with Crippen LogP contribution >= 0.6 is 28.3 Å². The Bertz CT molecular complexity index is 565. The lowest BCUT2D eigenvalue weighted by molar-refractivity contribution is -0.121. The van der Waals surface area contributed by atoms with Gasteiger partial charge >= 0.3 is 0 Å². The summed E-state index contributed by atoms with van der Waals surface area (Å²) in [5, 5.41) is 6.35. The van der Waals surface area contributed by atoms with Gasteiger partial charge in [-0.05, 0) is 71.9 Å². The Labute approximate surface area is 157 Å². The molecule has 1 aromatic rings. The summed E-state index contributed by atoms with van der Waals surface area (Å²) in [6, 6.07) is 3.91. The lowest BCUT2D eigenvalue weighted by Gasteiger charge is -2.22. The number of carbonyl (C=O) groups is 1. The Kier molecular flexibility index (Phi) is 7.65. The average molecular weight is 420 g/mol. The monoisotopic (exact) mass is 418 g/mol. The highest BCUT2D eigenvalue weighted by atomic mass is 79.9. The largest absolute Gasteiger partial charge is 0.486 e. The smallest absolute Gasteiger partial charge is 0.220 e. The molecule has 2 N–H and O–H groups in total. The quantitative estimate of drug-likeness (QED) is 0.770. The van der Waals surface area contributed by atoms with Crippen molar-refractivity contribution in [2.75, 3.05) is 26.3 Å². The summed E-state index contributed by atoms with van der Waals surface area (Å²) < 4.78 is 12.1. The number of amides is 1. The van der Waals surface area contributed by atoms with Gasteiger partial charge in [0.05, 0.1) is 4.47 Å². The third-order valence-corrected chi connectivity index (χ3v) is 4.97. The zero-order valence-electron chi connectivity index (χ0n) is 13.6. The average Bonchev–Trinajstić information content (AvgIpc) is 2.59. The van der Waals surface area contributed by atoms with Crippen LogP contribution in [0, 0.1) is 5.92 Å². The van der Waals surface area contributed by atoms with Gasteiger partial charge in [-0.15, -0.1) is 12.4 Å². The van der Waals surface area contributed by atoms with Crippen LogP contribution in [-0.4, -0.2) is 32.2 Å². The minimum atomic E-state index is 0. The fourth-order valence-corrected chi connectivity index (χ4v) is 3.66. The van der Waals surface area contributed by atoms with E-state index >= 15 is 0 Å². The van der Waals surface area contributed by atoms with Crippen LogP contribution in [-0.2, 0) is 11.3 Å². The fraction of sp³-hybridized carbons (Fsp3) is 0.588. The highest BCUT2D eigenvalue weighted by Gasteiger charge is 2.17. The number of ether oxygens (including phenoxy) is 2. The van der Waals surface area contributed by atoms with E-state index in [0.29, 0.717) is 32.1 Å². The molecule has 5 nitrogen and oxygen atoms in total. The van der Waals surface area contributed by atoms with Crippen molar-refractivity contribution < 1.29 is 14.3 Å². The summed E-state index contributed by atoms with van der Waals surface area (Å²) in [7, 11) is 0. The van der Waals surface area contributed by atoms with E-state index in [1.54, 1.807) is 0 Å². The minimum absolute atomic E-state index is 0. The lowest BCUT2D eigenvalue weighted by Crippen LogP contribution is -2.29. The Morgan fingerprint density at radius 1 is 1.25 bits per heavy atom. The van der Waals surface area contributed by atoms with Gasteiger partial charge < -0.3 is 20.1 Å². The van der Waals surface area contributed by atoms with Crippen LogP contribution in [0.15, 0.2) is 16.6 Å². The van der Waals surface area contributed by atoms with Crippen molar-refractivity contribution in [1.29, 1.82) is 0 Å². The van der Waals surface area contributed by atoms with E-state index in [1.807, 2.05) is 12.1 Å². The number of halogens is 2. The van der Waals surface area contributed by atoms with Crippen LogP contribution in [0.2, 0.25) is 0 Å². The van der Waals surface area contributed by atoms with Crippen molar-refractivity contribution in [1.82, 2.24) is 10.6 Å². The molecule has 1 saturated heterocycles. The van der Waals surface area contributed by atoms with E-state index in [-0.39, 0.29) is 18.3 Å². The molecule has 7 heteroatoms. The molecule has 0 saturated carbocycles. The molecule has 0 unspecified atom stereocenters. The molecule has 0 aromatic heterocycles. The van der Waals surface area contributed by atoms with E-state index in [0.717, 1.165) is 41.0 Å². The lowest BCUT2D eigenvalue weighted by atomic mass is 9.93. The first-order valence-electron chi connectivity index (χ1n) is 8.28. The fourth-order valence-electron chi connectivity index (χ4n) is 3.06. The standard InChI is InChI=1S/C17H23BrN2O3.ClH/c18-14-9-13(10-15-17(14)23-8-7-22-15)11-20-16(21)2-1-12-3-5-19-6-4-12;/h9-10,12,19H,1-8,11H2,(H,20,21);1H. The Morgan fingerprint density at radius 2 is 2.00 bits per heavy atom. The molecule has 0 atom stereocenters. The number of benzene rings is 1. The SMILES string of the molecule is Cl.O=C(CCC1CCNCC1)NCc1cc(Br)c2c(c1)OCCO2. The molecule has 3 rings (SSSR count). The number of nitrogens with one attached hydrogen (secondary N) is 2. The minimum Gasteiger partial charge on any atom is -0.486 e. The van der Waals surface area contributed by atoms with E-state index in [9.17, 15) is 4.79 Å². The summed E-state index contributed by atoms with van der Waals surface area (Å²) in [6.45, 7) is 3.80.